The van der Waals surface area contributed by atoms with E-state index in [0.29, 0.717) is 34.5 Å². The topological polar surface area (TPSA) is 106 Å². The van der Waals surface area contributed by atoms with Gasteiger partial charge in [0, 0.05) is 28.8 Å². The molecule has 0 bridgehead atoms. The van der Waals surface area contributed by atoms with Gasteiger partial charge in [-0.3, -0.25) is 4.98 Å². The number of pyridine rings is 1. The Morgan fingerprint density at radius 3 is 2.48 bits per heavy atom. The number of halogens is 2. The number of carboxylic acid groups (broad SMARTS) is 1. The third-order valence-electron chi connectivity index (χ3n) is 6.34. The van der Waals surface area contributed by atoms with Gasteiger partial charge in [-0.15, -0.1) is 0 Å². The number of carbonyl (C=O) groups is 1. The summed E-state index contributed by atoms with van der Waals surface area (Å²) in [5.74, 6) is -1.10. The fraction of sp³-hybridized carbons (Fsp3) is 0.250. The SMILES string of the molecule is Nc1c(Br)c([C@H]2CC[C@@](F)(C(=O)O)CC2)nc2c(-c3ccc(-c4ccccc4)nc3)cnn12. The van der Waals surface area contributed by atoms with Gasteiger partial charge in [0.1, 0.15) is 5.82 Å². The second-order valence-corrected chi connectivity index (χ2v) is 9.13. The van der Waals surface area contributed by atoms with Gasteiger partial charge in [-0.2, -0.15) is 9.61 Å². The molecule has 1 aliphatic carbocycles. The number of hydrogen-bond donors (Lipinski definition) is 2. The third kappa shape index (κ3) is 3.76. The second-order valence-electron chi connectivity index (χ2n) is 8.33. The van der Waals surface area contributed by atoms with E-state index in [9.17, 15) is 14.3 Å². The zero-order valence-corrected chi connectivity index (χ0v) is 19.2. The highest BCUT2D eigenvalue weighted by Gasteiger charge is 2.43. The Kier molecular flexibility index (Phi) is 5.36. The van der Waals surface area contributed by atoms with Crippen molar-refractivity contribution in [3.05, 3.63) is 65.0 Å². The summed E-state index contributed by atoms with van der Waals surface area (Å²) in [6, 6.07) is 13.8. The third-order valence-corrected chi connectivity index (χ3v) is 7.15. The molecule has 1 aliphatic rings. The number of carboxylic acids is 1. The molecule has 1 saturated carbocycles. The van der Waals surface area contributed by atoms with Gasteiger partial charge in [-0.1, -0.05) is 36.4 Å². The maximum absolute atomic E-state index is 14.5. The van der Waals surface area contributed by atoms with Gasteiger partial charge in [0.25, 0.3) is 0 Å². The molecule has 3 aromatic heterocycles. The molecule has 0 spiro atoms. The van der Waals surface area contributed by atoms with Crippen molar-refractivity contribution in [3.8, 4) is 22.4 Å². The van der Waals surface area contributed by atoms with Crippen LogP contribution in [0.25, 0.3) is 28.0 Å². The predicted molar refractivity (Wildman–Crippen MR) is 126 cm³/mol. The second kappa shape index (κ2) is 8.22. The van der Waals surface area contributed by atoms with Crippen molar-refractivity contribution in [2.45, 2.75) is 37.3 Å². The van der Waals surface area contributed by atoms with E-state index in [2.05, 4.69) is 26.0 Å². The van der Waals surface area contributed by atoms with Crippen LogP contribution in [0.4, 0.5) is 10.2 Å². The van der Waals surface area contributed by atoms with Crippen molar-refractivity contribution in [1.29, 1.82) is 0 Å². The monoisotopic (exact) mass is 509 g/mol. The normalized spacial score (nSPS) is 20.7. The highest BCUT2D eigenvalue weighted by molar-refractivity contribution is 9.10. The molecule has 7 nitrogen and oxygen atoms in total. The summed E-state index contributed by atoms with van der Waals surface area (Å²) in [5, 5.41) is 13.6. The number of anilines is 1. The lowest BCUT2D eigenvalue weighted by molar-refractivity contribution is -0.153. The summed E-state index contributed by atoms with van der Waals surface area (Å²) < 4.78 is 16.7. The standard InChI is InChI=1S/C24H21BrFN5O2/c25-19-20(15-8-10-24(26,11-9-15)23(32)33)30-22-17(13-29-31(22)21(19)27)16-6-7-18(28-12-16)14-4-2-1-3-5-14/h1-7,12-13,15H,8-11,27H2,(H,32,33)/t15-,24-. The Bertz CT molecular complexity index is 1330. The van der Waals surface area contributed by atoms with Crippen molar-refractivity contribution in [3.63, 3.8) is 0 Å². The number of rotatable bonds is 4. The predicted octanol–water partition coefficient (Wildman–Crippen LogP) is 5.25. The highest BCUT2D eigenvalue weighted by Crippen LogP contribution is 2.43. The molecule has 1 fully saturated rings. The van der Waals surface area contributed by atoms with Crippen LogP contribution < -0.4 is 5.73 Å². The number of nitrogens with zero attached hydrogens (tertiary/aromatic N) is 4. The largest absolute Gasteiger partial charge is 0.479 e. The van der Waals surface area contributed by atoms with Crippen LogP contribution >= 0.6 is 15.9 Å². The first kappa shape index (κ1) is 21.5. The Balaban J connectivity index is 1.51. The van der Waals surface area contributed by atoms with Gasteiger partial charge >= 0.3 is 5.97 Å². The average molecular weight is 510 g/mol. The first-order valence-electron chi connectivity index (χ1n) is 10.6. The molecule has 0 saturated heterocycles. The minimum atomic E-state index is -2.17. The van der Waals surface area contributed by atoms with E-state index >= 15 is 0 Å². The van der Waals surface area contributed by atoms with E-state index in [1.165, 1.54) is 0 Å². The van der Waals surface area contributed by atoms with E-state index in [0.717, 1.165) is 22.4 Å². The Labute approximate surface area is 197 Å². The van der Waals surface area contributed by atoms with Gasteiger partial charge < -0.3 is 10.8 Å². The molecular formula is C24H21BrFN5O2. The number of nitrogen functional groups attached to an aromatic ring is 1. The highest BCUT2D eigenvalue weighted by atomic mass is 79.9. The molecule has 9 heteroatoms. The van der Waals surface area contributed by atoms with Crippen molar-refractivity contribution >= 4 is 33.4 Å². The number of nitrogens with two attached hydrogens (primary N) is 1. The molecule has 3 N–H and O–H groups in total. The summed E-state index contributed by atoms with van der Waals surface area (Å²) in [5.41, 5.74) is 8.97. The number of hydrogen-bond acceptors (Lipinski definition) is 5. The van der Waals surface area contributed by atoms with E-state index in [-0.39, 0.29) is 18.8 Å². The lowest BCUT2D eigenvalue weighted by Crippen LogP contribution is -2.37. The Morgan fingerprint density at radius 1 is 1.12 bits per heavy atom. The first-order chi connectivity index (χ1) is 15.9. The van der Waals surface area contributed by atoms with Gasteiger partial charge in [0.2, 0.25) is 5.67 Å². The molecule has 0 atom stereocenters. The van der Waals surface area contributed by atoms with E-state index in [4.69, 9.17) is 10.7 Å². The minimum absolute atomic E-state index is 0.0524. The van der Waals surface area contributed by atoms with Crippen LogP contribution in [0.3, 0.4) is 0 Å². The number of alkyl halides is 1. The fourth-order valence-electron chi connectivity index (χ4n) is 4.38. The molecule has 0 unspecified atom stereocenters. The first-order valence-corrected chi connectivity index (χ1v) is 11.4. The maximum Gasteiger partial charge on any atom is 0.341 e. The smallest absolute Gasteiger partial charge is 0.341 e. The van der Waals surface area contributed by atoms with Crippen molar-refractivity contribution in [2.24, 2.45) is 0 Å². The molecular weight excluding hydrogens is 489 g/mol. The summed E-state index contributed by atoms with van der Waals surface area (Å²) >= 11 is 3.52. The van der Waals surface area contributed by atoms with E-state index < -0.39 is 11.6 Å². The van der Waals surface area contributed by atoms with Crippen LogP contribution in [0, 0.1) is 0 Å². The average Bonchev–Trinajstić information content (AvgIpc) is 3.27. The van der Waals surface area contributed by atoms with E-state index in [1.54, 1.807) is 16.9 Å². The summed E-state index contributed by atoms with van der Waals surface area (Å²) in [6.07, 6.45) is 4.13. The van der Waals surface area contributed by atoms with Crippen LogP contribution in [0.15, 0.2) is 59.3 Å². The van der Waals surface area contributed by atoms with Crippen LogP contribution in [0.5, 0.6) is 0 Å². The molecule has 1 aromatic carbocycles. The van der Waals surface area contributed by atoms with Crippen LogP contribution in [0.2, 0.25) is 0 Å². The zero-order valence-electron chi connectivity index (χ0n) is 17.6. The van der Waals surface area contributed by atoms with E-state index in [1.807, 2.05) is 42.5 Å². The number of benzene rings is 1. The molecule has 0 amide bonds. The molecule has 3 heterocycles. The molecule has 33 heavy (non-hydrogen) atoms. The molecule has 4 aromatic rings. The summed E-state index contributed by atoms with van der Waals surface area (Å²) in [6.45, 7) is 0. The summed E-state index contributed by atoms with van der Waals surface area (Å²) in [7, 11) is 0. The molecule has 5 rings (SSSR count). The zero-order chi connectivity index (χ0) is 23.2. The molecule has 0 radical (unpaired) electrons. The quantitative estimate of drug-likeness (QED) is 0.388. The van der Waals surface area contributed by atoms with Crippen molar-refractivity contribution in [1.82, 2.24) is 19.6 Å². The maximum atomic E-state index is 14.5. The van der Waals surface area contributed by atoms with Crippen LogP contribution in [0.1, 0.15) is 37.3 Å². The molecule has 168 valence electrons. The van der Waals surface area contributed by atoms with Gasteiger partial charge in [0.15, 0.2) is 5.65 Å². The van der Waals surface area contributed by atoms with Crippen molar-refractivity contribution in [2.75, 3.05) is 5.73 Å². The van der Waals surface area contributed by atoms with Crippen molar-refractivity contribution < 1.29 is 14.3 Å². The van der Waals surface area contributed by atoms with Gasteiger partial charge in [-0.05, 0) is 47.7 Å². The number of aromatic nitrogens is 4. The lowest BCUT2D eigenvalue weighted by Gasteiger charge is -2.31. The van der Waals surface area contributed by atoms with Gasteiger partial charge in [-0.25, -0.2) is 14.2 Å². The minimum Gasteiger partial charge on any atom is -0.479 e. The van der Waals surface area contributed by atoms with Crippen LogP contribution in [-0.4, -0.2) is 36.3 Å². The summed E-state index contributed by atoms with van der Waals surface area (Å²) in [4.78, 5) is 20.7. The lowest BCUT2D eigenvalue weighted by atomic mass is 9.78. The Hall–Kier alpha value is -3.33. The number of aliphatic carboxylic acids is 1. The fourth-order valence-corrected chi connectivity index (χ4v) is 4.96. The van der Waals surface area contributed by atoms with Crippen LogP contribution in [-0.2, 0) is 4.79 Å². The molecule has 0 aliphatic heterocycles. The number of fused-ring (bicyclic) bond motifs is 1. The van der Waals surface area contributed by atoms with Gasteiger partial charge in [0.05, 0.1) is 22.1 Å². The Morgan fingerprint density at radius 2 is 1.85 bits per heavy atom.